The first kappa shape index (κ1) is 19.2. The van der Waals surface area contributed by atoms with E-state index in [0.717, 1.165) is 0 Å². The number of nitrogens with one attached hydrogen (secondary N) is 2. The zero-order valence-electron chi connectivity index (χ0n) is 14.2. The van der Waals surface area contributed by atoms with Gasteiger partial charge in [-0.25, -0.2) is 0 Å². The largest absolute Gasteiger partial charge is 0.397 e. The Hall–Kier alpha value is -3.10. The number of hydrogen-bond acceptors (Lipinski definition) is 6. The maximum atomic E-state index is 11.7. The second-order valence-corrected chi connectivity index (χ2v) is 5.38. The van der Waals surface area contributed by atoms with Crippen LogP contribution in [0.5, 0.6) is 0 Å². The Morgan fingerprint density at radius 3 is 1.50 bits per heavy atom. The van der Waals surface area contributed by atoms with Crippen LogP contribution in [0.2, 0.25) is 0 Å². The van der Waals surface area contributed by atoms with Gasteiger partial charge in [0.15, 0.2) is 0 Å². The highest BCUT2D eigenvalue weighted by molar-refractivity contribution is 5.95. The molecule has 6 N–H and O–H groups in total. The van der Waals surface area contributed by atoms with Crippen molar-refractivity contribution in [3.63, 3.8) is 0 Å². The predicted octanol–water partition coefficient (Wildman–Crippen LogP) is 1.46. The summed E-state index contributed by atoms with van der Waals surface area (Å²) < 4.78 is 10.4. The number of para-hydroxylation sites is 4. The van der Waals surface area contributed by atoms with Crippen LogP contribution in [-0.2, 0) is 19.1 Å². The number of ether oxygens (including phenoxy) is 2. The van der Waals surface area contributed by atoms with Crippen LogP contribution in [0.3, 0.4) is 0 Å². The first-order chi connectivity index (χ1) is 12.6. The van der Waals surface area contributed by atoms with Crippen LogP contribution in [0.1, 0.15) is 0 Å². The van der Waals surface area contributed by atoms with E-state index in [2.05, 4.69) is 10.6 Å². The molecule has 0 saturated heterocycles. The quantitative estimate of drug-likeness (QED) is 0.397. The zero-order chi connectivity index (χ0) is 18.8. The van der Waals surface area contributed by atoms with Gasteiger partial charge in [0, 0.05) is 0 Å². The number of nitrogen functional groups attached to an aromatic ring is 2. The van der Waals surface area contributed by atoms with Crippen molar-refractivity contribution in [2.24, 2.45) is 0 Å². The van der Waals surface area contributed by atoms with E-state index in [-0.39, 0.29) is 38.2 Å². The van der Waals surface area contributed by atoms with Crippen molar-refractivity contribution in [2.45, 2.75) is 0 Å². The lowest BCUT2D eigenvalue weighted by Crippen LogP contribution is -2.22. The van der Waals surface area contributed by atoms with Gasteiger partial charge in [0.1, 0.15) is 13.2 Å². The molecule has 0 heterocycles. The smallest absolute Gasteiger partial charge is 0.250 e. The van der Waals surface area contributed by atoms with Gasteiger partial charge in [-0.15, -0.1) is 0 Å². The maximum absolute atomic E-state index is 11.7. The van der Waals surface area contributed by atoms with E-state index >= 15 is 0 Å². The molecule has 0 bridgehead atoms. The Kier molecular flexibility index (Phi) is 7.41. The van der Waals surface area contributed by atoms with Crippen molar-refractivity contribution < 1.29 is 19.1 Å². The van der Waals surface area contributed by atoms with Gasteiger partial charge in [-0.2, -0.15) is 0 Å². The first-order valence-corrected chi connectivity index (χ1v) is 8.00. The van der Waals surface area contributed by atoms with E-state index in [1.807, 2.05) is 0 Å². The third-order valence-electron chi connectivity index (χ3n) is 3.31. The fourth-order valence-corrected chi connectivity index (χ4v) is 2.04. The standard InChI is InChI=1S/C18H22N4O4/c19-13-5-1-3-7-15(13)21-17(23)11-25-9-10-26-12-18(24)22-16-8-4-2-6-14(16)20/h1-8H,9-12,19-20H2,(H,21,23)(H,22,24). The van der Waals surface area contributed by atoms with Gasteiger partial charge in [-0.3, -0.25) is 9.59 Å². The van der Waals surface area contributed by atoms with Crippen molar-refractivity contribution >= 4 is 34.6 Å². The summed E-state index contributed by atoms with van der Waals surface area (Å²) in [5.41, 5.74) is 13.5. The van der Waals surface area contributed by atoms with Crippen LogP contribution in [0.15, 0.2) is 48.5 Å². The summed E-state index contributed by atoms with van der Waals surface area (Å²) in [6, 6.07) is 13.9. The second-order valence-electron chi connectivity index (χ2n) is 5.38. The van der Waals surface area contributed by atoms with E-state index < -0.39 is 0 Å². The molecule has 0 saturated carbocycles. The summed E-state index contributed by atoms with van der Waals surface area (Å²) in [6.45, 7) is 0.0891. The van der Waals surface area contributed by atoms with Crippen LogP contribution >= 0.6 is 0 Å². The number of rotatable bonds is 9. The third-order valence-corrected chi connectivity index (χ3v) is 3.31. The molecule has 2 aromatic carbocycles. The lowest BCUT2D eigenvalue weighted by Gasteiger charge is -2.09. The Balaban J connectivity index is 1.56. The molecule has 26 heavy (non-hydrogen) atoms. The molecule has 0 aliphatic rings. The Morgan fingerprint density at radius 2 is 1.12 bits per heavy atom. The molecule has 8 nitrogen and oxygen atoms in total. The minimum absolute atomic E-state index is 0.134. The van der Waals surface area contributed by atoms with Gasteiger partial charge in [0.05, 0.1) is 36.0 Å². The van der Waals surface area contributed by atoms with Crippen molar-refractivity contribution in [3.8, 4) is 0 Å². The summed E-state index contributed by atoms with van der Waals surface area (Å²) >= 11 is 0. The number of anilines is 4. The average Bonchev–Trinajstić information content (AvgIpc) is 2.62. The highest BCUT2D eigenvalue weighted by Crippen LogP contribution is 2.17. The third kappa shape index (κ3) is 6.42. The topological polar surface area (TPSA) is 129 Å². The van der Waals surface area contributed by atoms with Gasteiger partial charge in [0.25, 0.3) is 0 Å². The molecule has 2 amide bonds. The predicted molar refractivity (Wildman–Crippen MR) is 101 cm³/mol. The fourth-order valence-electron chi connectivity index (χ4n) is 2.04. The maximum Gasteiger partial charge on any atom is 0.250 e. The molecular formula is C18H22N4O4. The SMILES string of the molecule is Nc1ccccc1NC(=O)COCCOCC(=O)Nc1ccccc1N. The number of nitrogens with two attached hydrogens (primary N) is 2. The summed E-state index contributed by atoms with van der Waals surface area (Å²) in [6.07, 6.45) is 0. The number of carbonyl (C=O) groups is 2. The van der Waals surface area contributed by atoms with Crippen molar-refractivity contribution in [3.05, 3.63) is 48.5 Å². The second kappa shape index (κ2) is 10.0. The van der Waals surface area contributed by atoms with E-state index in [1.54, 1.807) is 48.5 Å². The Labute approximate surface area is 151 Å². The number of carbonyl (C=O) groups excluding carboxylic acids is 2. The van der Waals surface area contributed by atoms with E-state index in [9.17, 15) is 9.59 Å². The molecule has 0 spiro atoms. The summed E-state index contributed by atoms with van der Waals surface area (Å²) in [4.78, 5) is 23.5. The Morgan fingerprint density at radius 1 is 0.731 bits per heavy atom. The summed E-state index contributed by atoms with van der Waals surface area (Å²) in [5.74, 6) is -0.639. The summed E-state index contributed by atoms with van der Waals surface area (Å²) in [5, 5.41) is 5.29. The molecule has 0 fully saturated rings. The average molecular weight is 358 g/mol. The van der Waals surface area contributed by atoms with Gasteiger partial charge >= 0.3 is 0 Å². The summed E-state index contributed by atoms with van der Waals surface area (Å²) in [7, 11) is 0. The normalized spacial score (nSPS) is 10.3. The molecule has 0 radical (unpaired) electrons. The van der Waals surface area contributed by atoms with Crippen LogP contribution < -0.4 is 22.1 Å². The lowest BCUT2D eigenvalue weighted by molar-refractivity contribution is -0.124. The van der Waals surface area contributed by atoms with E-state index in [0.29, 0.717) is 22.7 Å². The van der Waals surface area contributed by atoms with Crippen molar-refractivity contribution in [1.29, 1.82) is 0 Å². The van der Waals surface area contributed by atoms with E-state index in [4.69, 9.17) is 20.9 Å². The van der Waals surface area contributed by atoms with Crippen LogP contribution in [-0.4, -0.2) is 38.2 Å². The number of amides is 2. The minimum atomic E-state index is -0.319. The minimum Gasteiger partial charge on any atom is -0.397 e. The highest BCUT2D eigenvalue weighted by Gasteiger charge is 2.06. The fraction of sp³-hybridized carbons (Fsp3) is 0.222. The van der Waals surface area contributed by atoms with Gasteiger partial charge in [-0.05, 0) is 24.3 Å². The highest BCUT2D eigenvalue weighted by atomic mass is 16.5. The molecule has 8 heteroatoms. The number of hydrogen-bond donors (Lipinski definition) is 4. The zero-order valence-corrected chi connectivity index (χ0v) is 14.2. The molecule has 2 aromatic rings. The molecule has 0 unspecified atom stereocenters. The number of benzene rings is 2. The first-order valence-electron chi connectivity index (χ1n) is 8.00. The lowest BCUT2D eigenvalue weighted by atomic mass is 10.3. The van der Waals surface area contributed by atoms with Gasteiger partial charge < -0.3 is 31.6 Å². The van der Waals surface area contributed by atoms with Gasteiger partial charge in [-0.1, -0.05) is 24.3 Å². The molecular weight excluding hydrogens is 336 g/mol. The molecule has 0 atom stereocenters. The molecule has 2 rings (SSSR count). The van der Waals surface area contributed by atoms with E-state index in [1.165, 1.54) is 0 Å². The molecule has 0 aromatic heterocycles. The van der Waals surface area contributed by atoms with Gasteiger partial charge in [0.2, 0.25) is 11.8 Å². The monoisotopic (exact) mass is 358 g/mol. The van der Waals surface area contributed by atoms with Crippen LogP contribution in [0.4, 0.5) is 22.7 Å². The molecule has 0 aliphatic heterocycles. The molecule has 0 aliphatic carbocycles. The van der Waals surface area contributed by atoms with Crippen LogP contribution in [0.25, 0.3) is 0 Å². The molecule has 138 valence electrons. The van der Waals surface area contributed by atoms with Crippen molar-refractivity contribution in [2.75, 3.05) is 48.5 Å². The van der Waals surface area contributed by atoms with Crippen molar-refractivity contribution in [1.82, 2.24) is 0 Å². The Bertz CT molecular complexity index is 688. The van der Waals surface area contributed by atoms with Crippen LogP contribution in [0, 0.1) is 0 Å².